The molecule has 0 aliphatic heterocycles. The minimum absolute atomic E-state index is 0.0958. The van der Waals surface area contributed by atoms with Crippen LogP contribution in [0.4, 0.5) is 0 Å². The Balaban J connectivity index is 2.59. The summed E-state index contributed by atoms with van der Waals surface area (Å²) in [6, 6.07) is 9.96. The summed E-state index contributed by atoms with van der Waals surface area (Å²) in [5.41, 5.74) is 0.619. The van der Waals surface area contributed by atoms with Crippen molar-refractivity contribution >= 4 is 24.0 Å². The van der Waals surface area contributed by atoms with Crippen molar-refractivity contribution in [2.24, 2.45) is 0 Å². The normalized spacial score (nSPS) is 11.1. The molecule has 0 fully saturated rings. The van der Waals surface area contributed by atoms with Gasteiger partial charge in [0.05, 0.1) is 10.6 Å². The number of nitrogens with one attached hydrogen (secondary N) is 1. The molecular formula is C16H20N2O2S2. The highest BCUT2D eigenvalue weighted by Crippen LogP contribution is 2.32. The Bertz CT molecular complexity index is 736. The SMILES string of the molecule is CCOCn1c(Sc2ccccc2)c(C(C)C)c(=O)[nH]c1=S. The highest BCUT2D eigenvalue weighted by Gasteiger charge is 2.17. The molecule has 1 aromatic carbocycles. The fourth-order valence-electron chi connectivity index (χ4n) is 2.09. The van der Waals surface area contributed by atoms with Gasteiger partial charge in [-0.05, 0) is 37.2 Å². The number of hydrogen-bond donors (Lipinski definition) is 1. The summed E-state index contributed by atoms with van der Waals surface area (Å²) in [5, 5.41) is 0.850. The summed E-state index contributed by atoms with van der Waals surface area (Å²) in [6.07, 6.45) is 0. The number of aromatic nitrogens is 2. The third kappa shape index (κ3) is 3.88. The molecule has 0 atom stereocenters. The molecule has 0 amide bonds. The number of nitrogens with zero attached hydrogens (tertiary/aromatic N) is 1. The van der Waals surface area contributed by atoms with Gasteiger partial charge in [0.15, 0.2) is 4.77 Å². The van der Waals surface area contributed by atoms with Gasteiger partial charge in [-0.25, -0.2) is 0 Å². The van der Waals surface area contributed by atoms with Gasteiger partial charge < -0.3 is 4.74 Å². The summed E-state index contributed by atoms with van der Waals surface area (Å²) in [6.45, 7) is 6.87. The predicted octanol–water partition coefficient (Wildman–Crippen LogP) is 4.17. The van der Waals surface area contributed by atoms with E-state index in [0.29, 0.717) is 18.1 Å². The molecule has 0 aliphatic carbocycles. The van der Waals surface area contributed by atoms with Crippen LogP contribution in [0, 0.1) is 4.77 Å². The van der Waals surface area contributed by atoms with Gasteiger partial charge in [0.25, 0.3) is 5.56 Å². The molecule has 4 nitrogen and oxygen atoms in total. The van der Waals surface area contributed by atoms with Gasteiger partial charge in [-0.2, -0.15) is 0 Å². The Kier molecular flexibility index (Phi) is 5.99. The molecule has 118 valence electrons. The molecule has 1 aromatic heterocycles. The van der Waals surface area contributed by atoms with Crippen LogP contribution in [0.2, 0.25) is 0 Å². The lowest BCUT2D eigenvalue weighted by Crippen LogP contribution is -2.22. The number of benzene rings is 1. The smallest absolute Gasteiger partial charge is 0.256 e. The molecule has 6 heteroatoms. The molecule has 1 N–H and O–H groups in total. The highest BCUT2D eigenvalue weighted by atomic mass is 32.2. The van der Waals surface area contributed by atoms with E-state index in [1.54, 1.807) is 11.8 Å². The minimum atomic E-state index is -0.119. The van der Waals surface area contributed by atoms with Crippen molar-refractivity contribution in [2.75, 3.05) is 6.61 Å². The first-order chi connectivity index (χ1) is 10.5. The maximum Gasteiger partial charge on any atom is 0.256 e. The van der Waals surface area contributed by atoms with E-state index in [-0.39, 0.29) is 11.5 Å². The quantitative estimate of drug-likeness (QED) is 0.635. The first-order valence-corrected chi connectivity index (χ1v) is 8.44. The summed E-state index contributed by atoms with van der Waals surface area (Å²) < 4.78 is 7.76. The summed E-state index contributed by atoms with van der Waals surface area (Å²) >= 11 is 6.86. The predicted molar refractivity (Wildman–Crippen MR) is 92.2 cm³/mol. The van der Waals surface area contributed by atoms with Gasteiger partial charge in [-0.3, -0.25) is 14.3 Å². The zero-order valence-corrected chi connectivity index (χ0v) is 14.6. The second-order valence-electron chi connectivity index (χ2n) is 5.10. The fraction of sp³-hybridized carbons (Fsp3) is 0.375. The molecule has 0 aliphatic rings. The molecule has 0 saturated heterocycles. The van der Waals surface area contributed by atoms with E-state index in [0.717, 1.165) is 15.5 Å². The maximum absolute atomic E-state index is 12.3. The molecule has 0 unspecified atom stereocenters. The summed E-state index contributed by atoms with van der Waals surface area (Å²) in [5.74, 6) is 0.0958. The van der Waals surface area contributed by atoms with Crippen LogP contribution >= 0.6 is 24.0 Å². The summed E-state index contributed by atoms with van der Waals surface area (Å²) in [4.78, 5) is 16.1. The number of rotatable bonds is 6. The van der Waals surface area contributed by atoms with Crippen LogP contribution < -0.4 is 5.56 Å². The topological polar surface area (TPSA) is 47.0 Å². The van der Waals surface area contributed by atoms with Crippen molar-refractivity contribution in [2.45, 2.75) is 43.3 Å². The molecule has 0 bridgehead atoms. The van der Waals surface area contributed by atoms with Crippen molar-refractivity contribution < 1.29 is 4.74 Å². The van der Waals surface area contributed by atoms with Gasteiger partial charge in [0, 0.05) is 11.5 Å². The van der Waals surface area contributed by atoms with Crippen LogP contribution in [0.25, 0.3) is 0 Å². The standard InChI is InChI=1S/C16H20N2O2S2/c1-4-20-10-18-15(22-12-8-6-5-7-9-12)13(11(2)3)14(19)17-16(18)21/h5-9,11H,4,10H2,1-3H3,(H,17,19,21). The zero-order valence-electron chi connectivity index (χ0n) is 13.0. The average Bonchev–Trinajstić information content (AvgIpc) is 2.47. The first kappa shape index (κ1) is 17.0. The van der Waals surface area contributed by atoms with Crippen molar-refractivity contribution in [1.29, 1.82) is 0 Å². The number of aromatic amines is 1. The van der Waals surface area contributed by atoms with E-state index < -0.39 is 0 Å². The number of hydrogen-bond acceptors (Lipinski definition) is 4. The van der Waals surface area contributed by atoms with Gasteiger partial charge in [0.1, 0.15) is 6.73 Å². The molecule has 2 aromatic rings. The molecule has 2 rings (SSSR count). The minimum Gasteiger partial charge on any atom is -0.361 e. The lowest BCUT2D eigenvalue weighted by molar-refractivity contribution is 0.0793. The first-order valence-electron chi connectivity index (χ1n) is 7.22. The Hall–Kier alpha value is -1.37. The van der Waals surface area contributed by atoms with Crippen LogP contribution in [0.5, 0.6) is 0 Å². The van der Waals surface area contributed by atoms with Crippen LogP contribution in [0.15, 0.2) is 45.0 Å². The van der Waals surface area contributed by atoms with Crippen molar-refractivity contribution in [3.05, 3.63) is 51.0 Å². The molecular weight excluding hydrogens is 316 g/mol. The molecule has 0 radical (unpaired) electrons. The summed E-state index contributed by atoms with van der Waals surface area (Å²) in [7, 11) is 0. The third-order valence-corrected chi connectivity index (χ3v) is 4.61. The van der Waals surface area contributed by atoms with Crippen molar-refractivity contribution in [1.82, 2.24) is 9.55 Å². The van der Waals surface area contributed by atoms with E-state index >= 15 is 0 Å². The molecule has 22 heavy (non-hydrogen) atoms. The van der Waals surface area contributed by atoms with Crippen LogP contribution in [-0.2, 0) is 11.5 Å². The Morgan fingerprint density at radius 3 is 2.59 bits per heavy atom. The average molecular weight is 336 g/mol. The fourth-order valence-corrected chi connectivity index (χ4v) is 3.59. The van der Waals surface area contributed by atoms with Crippen LogP contribution in [0.1, 0.15) is 32.3 Å². The van der Waals surface area contributed by atoms with Gasteiger partial charge >= 0.3 is 0 Å². The van der Waals surface area contributed by atoms with Gasteiger partial charge in [-0.15, -0.1) is 0 Å². The molecule has 0 spiro atoms. The second-order valence-corrected chi connectivity index (χ2v) is 6.55. The van der Waals surface area contributed by atoms with Crippen LogP contribution in [0.3, 0.4) is 0 Å². The Morgan fingerprint density at radius 1 is 1.32 bits per heavy atom. The monoisotopic (exact) mass is 336 g/mol. The van der Waals surface area contributed by atoms with Crippen LogP contribution in [-0.4, -0.2) is 16.2 Å². The Morgan fingerprint density at radius 2 is 2.00 bits per heavy atom. The number of H-pyrrole nitrogens is 1. The lowest BCUT2D eigenvalue weighted by Gasteiger charge is -2.18. The van der Waals surface area contributed by atoms with E-state index in [1.165, 1.54) is 0 Å². The van der Waals surface area contributed by atoms with Gasteiger partial charge in [-0.1, -0.05) is 43.8 Å². The van der Waals surface area contributed by atoms with E-state index in [2.05, 4.69) is 4.98 Å². The van der Waals surface area contributed by atoms with E-state index in [1.807, 2.05) is 55.7 Å². The van der Waals surface area contributed by atoms with Crippen molar-refractivity contribution in [3.8, 4) is 0 Å². The third-order valence-electron chi connectivity index (χ3n) is 3.15. The highest BCUT2D eigenvalue weighted by molar-refractivity contribution is 7.99. The largest absolute Gasteiger partial charge is 0.361 e. The van der Waals surface area contributed by atoms with Gasteiger partial charge in [0.2, 0.25) is 0 Å². The van der Waals surface area contributed by atoms with E-state index in [4.69, 9.17) is 17.0 Å². The number of ether oxygens (including phenoxy) is 1. The lowest BCUT2D eigenvalue weighted by atomic mass is 10.1. The Labute approximate surface area is 139 Å². The second kappa shape index (κ2) is 7.76. The van der Waals surface area contributed by atoms with E-state index in [9.17, 15) is 4.79 Å². The molecule has 0 saturated carbocycles. The maximum atomic E-state index is 12.3. The molecule has 1 heterocycles. The zero-order chi connectivity index (χ0) is 16.1. The van der Waals surface area contributed by atoms with Crippen molar-refractivity contribution in [3.63, 3.8) is 0 Å².